The predicted molar refractivity (Wildman–Crippen MR) is 121 cm³/mol. The number of nitrogens with one attached hydrogen (secondary N) is 2. The van der Waals surface area contributed by atoms with Gasteiger partial charge in [0.15, 0.2) is 5.96 Å². The highest BCUT2D eigenvalue weighted by Crippen LogP contribution is 2.24. The van der Waals surface area contributed by atoms with Gasteiger partial charge in [-0.1, -0.05) is 6.07 Å². The van der Waals surface area contributed by atoms with E-state index >= 15 is 0 Å². The van der Waals surface area contributed by atoms with E-state index in [-0.39, 0.29) is 30.0 Å². The third kappa shape index (κ3) is 6.41. The smallest absolute Gasteiger partial charge is 0.212 e. The monoisotopic (exact) mass is 517 g/mol. The normalized spacial score (nSPS) is 16.3. The van der Waals surface area contributed by atoms with Gasteiger partial charge in [0.2, 0.25) is 5.88 Å². The zero-order chi connectivity index (χ0) is 19.9. The number of methoxy groups -OCH3 is 1. The van der Waals surface area contributed by atoms with Crippen molar-refractivity contribution in [3.05, 3.63) is 53.7 Å². The van der Waals surface area contributed by atoms with Gasteiger partial charge < -0.3 is 20.3 Å². The molecule has 1 aliphatic heterocycles. The summed E-state index contributed by atoms with van der Waals surface area (Å²) in [7, 11) is 1.58. The van der Waals surface area contributed by atoms with Crippen LogP contribution in [0.4, 0.5) is 14.5 Å². The molecule has 3 rings (SSSR count). The number of halogens is 3. The van der Waals surface area contributed by atoms with Crippen LogP contribution in [0, 0.1) is 11.6 Å². The number of pyridine rings is 1. The van der Waals surface area contributed by atoms with E-state index in [2.05, 4.69) is 20.6 Å². The highest BCUT2D eigenvalue weighted by atomic mass is 127. The van der Waals surface area contributed by atoms with Crippen molar-refractivity contribution in [2.45, 2.75) is 25.9 Å². The van der Waals surface area contributed by atoms with Crippen LogP contribution in [-0.4, -0.2) is 43.7 Å². The van der Waals surface area contributed by atoms with Crippen LogP contribution >= 0.6 is 24.0 Å². The first-order chi connectivity index (χ1) is 13.6. The quantitative estimate of drug-likeness (QED) is 0.350. The molecule has 1 aromatic carbocycles. The lowest BCUT2D eigenvalue weighted by atomic mass is 10.2. The Morgan fingerprint density at radius 3 is 2.79 bits per heavy atom. The molecule has 0 saturated carbocycles. The van der Waals surface area contributed by atoms with Crippen molar-refractivity contribution in [1.82, 2.24) is 15.6 Å². The van der Waals surface area contributed by atoms with E-state index in [0.29, 0.717) is 37.2 Å². The lowest BCUT2D eigenvalue weighted by Gasteiger charge is -2.21. The molecule has 0 aliphatic carbocycles. The number of benzene rings is 1. The molecule has 0 spiro atoms. The summed E-state index contributed by atoms with van der Waals surface area (Å²) < 4.78 is 32.2. The standard InChI is InChI=1S/C20H25F2N5O.HI/c1-3-23-20(25-12-14-4-7-19(28-2)24-11-14)26-16-8-9-27(13-16)18-6-5-15(21)10-17(18)22;/h4-7,10-11,16H,3,8-9,12-13H2,1-2H3,(H2,23,25,26);1H. The van der Waals surface area contributed by atoms with Gasteiger partial charge in [0.05, 0.1) is 19.3 Å². The molecule has 6 nitrogen and oxygen atoms in total. The molecule has 158 valence electrons. The fraction of sp³-hybridized carbons (Fsp3) is 0.400. The molecule has 2 heterocycles. The first-order valence-corrected chi connectivity index (χ1v) is 9.32. The number of anilines is 1. The molecule has 0 radical (unpaired) electrons. The number of guanidine groups is 1. The second kappa shape index (κ2) is 11.1. The van der Waals surface area contributed by atoms with Crippen LogP contribution < -0.4 is 20.3 Å². The van der Waals surface area contributed by atoms with E-state index < -0.39 is 11.6 Å². The summed E-state index contributed by atoms with van der Waals surface area (Å²) in [6, 6.07) is 7.54. The van der Waals surface area contributed by atoms with E-state index in [0.717, 1.165) is 24.6 Å². The number of ether oxygens (including phenoxy) is 1. The van der Waals surface area contributed by atoms with Gasteiger partial charge in [0, 0.05) is 44.0 Å². The average molecular weight is 517 g/mol. The minimum atomic E-state index is -0.565. The van der Waals surface area contributed by atoms with Crippen molar-refractivity contribution in [3.63, 3.8) is 0 Å². The molecular weight excluding hydrogens is 491 g/mol. The van der Waals surface area contributed by atoms with Crippen molar-refractivity contribution in [2.24, 2.45) is 4.99 Å². The fourth-order valence-electron chi connectivity index (χ4n) is 3.14. The van der Waals surface area contributed by atoms with E-state index in [1.54, 1.807) is 19.4 Å². The number of hydrogen-bond donors (Lipinski definition) is 2. The molecular formula is C20H26F2IN5O. The summed E-state index contributed by atoms with van der Waals surface area (Å²) in [4.78, 5) is 10.7. The van der Waals surface area contributed by atoms with Gasteiger partial charge >= 0.3 is 0 Å². The molecule has 9 heteroatoms. The zero-order valence-electron chi connectivity index (χ0n) is 16.5. The first-order valence-electron chi connectivity index (χ1n) is 9.32. The van der Waals surface area contributed by atoms with Crippen LogP contribution in [0.5, 0.6) is 5.88 Å². The third-order valence-electron chi connectivity index (χ3n) is 4.55. The predicted octanol–water partition coefficient (Wildman–Crippen LogP) is 3.32. The molecule has 0 bridgehead atoms. The van der Waals surface area contributed by atoms with Crippen LogP contribution in [-0.2, 0) is 6.54 Å². The van der Waals surface area contributed by atoms with Gasteiger partial charge in [-0.15, -0.1) is 24.0 Å². The highest BCUT2D eigenvalue weighted by molar-refractivity contribution is 14.0. The van der Waals surface area contributed by atoms with E-state index in [1.165, 1.54) is 12.1 Å². The molecule has 1 fully saturated rings. The summed E-state index contributed by atoms with van der Waals surface area (Å²) in [5.41, 5.74) is 1.40. The molecule has 0 amide bonds. The number of hydrogen-bond acceptors (Lipinski definition) is 4. The second-order valence-electron chi connectivity index (χ2n) is 6.58. The number of aromatic nitrogens is 1. The van der Waals surface area contributed by atoms with Gasteiger partial charge in [-0.25, -0.2) is 18.8 Å². The minimum Gasteiger partial charge on any atom is -0.481 e. The largest absolute Gasteiger partial charge is 0.481 e. The average Bonchev–Trinajstić information content (AvgIpc) is 3.15. The van der Waals surface area contributed by atoms with Gasteiger partial charge in [-0.3, -0.25) is 0 Å². The lowest BCUT2D eigenvalue weighted by molar-refractivity contribution is 0.397. The summed E-state index contributed by atoms with van der Waals surface area (Å²) >= 11 is 0. The minimum absolute atomic E-state index is 0. The van der Waals surface area contributed by atoms with Crippen molar-refractivity contribution in [2.75, 3.05) is 31.6 Å². The molecule has 2 N–H and O–H groups in total. The Labute approximate surface area is 186 Å². The zero-order valence-corrected chi connectivity index (χ0v) is 18.8. The van der Waals surface area contributed by atoms with E-state index in [1.807, 2.05) is 17.9 Å². The first kappa shape index (κ1) is 23.1. The molecule has 2 aromatic rings. The van der Waals surface area contributed by atoms with E-state index in [4.69, 9.17) is 4.74 Å². The molecule has 1 aromatic heterocycles. The van der Waals surface area contributed by atoms with Crippen molar-refractivity contribution < 1.29 is 13.5 Å². The fourth-order valence-corrected chi connectivity index (χ4v) is 3.14. The summed E-state index contributed by atoms with van der Waals surface area (Å²) in [5, 5.41) is 6.62. The second-order valence-corrected chi connectivity index (χ2v) is 6.58. The van der Waals surface area contributed by atoms with Crippen LogP contribution in [0.15, 0.2) is 41.5 Å². The van der Waals surface area contributed by atoms with Crippen LogP contribution in [0.1, 0.15) is 18.9 Å². The highest BCUT2D eigenvalue weighted by Gasteiger charge is 2.25. The maximum Gasteiger partial charge on any atom is 0.212 e. The number of aliphatic imine (C=N–C) groups is 1. The van der Waals surface area contributed by atoms with Gasteiger partial charge in [-0.2, -0.15) is 0 Å². The van der Waals surface area contributed by atoms with Crippen LogP contribution in [0.3, 0.4) is 0 Å². The summed E-state index contributed by atoms with van der Waals surface area (Å²) in [6.07, 6.45) is 2.58. The molecule has 1 unspecified atom stereocenters. The third-order valence-corrected chi connectivity index (χ3v) is 4.55. The Morgan fingerprint density at radius 2 is 2.14 bits per heavy atom. The maximum absolute atomic E-state index is 14.0. The Bertz CT molecular complexity index is 819. The van der Waals surface area contributed by atoms with Crippen molar-refractivity contribution in [3.8, 4) is 5.88 Å². The Morgan fingerprint density at radius 1 is 1.31 bits per heavy atom. The van der Waals surface area contributed by atoms with Gasteiger partial charge in [0.1, 0.15) is 11.6 Å². The Kier molecular flexibility index (Phi) is 8.87. The Hall–Kier alpha value is -2.17. The summed E-state index contributed by atoms with van der Waals surface area (Å²) in [5.74, 6) is 0.166. The van der Waals surface area contributed by atoms with Crippen molar-refractivity contribution >= 4 is 35.6 Å². The Balaban J connectivity index is 0.00000300. The summed E-state index contributed by atoms with van der Waals surface area (Å²) in [6.45, 7) is 4.53. The number of nitrogens with zero attached hydrogens (tertiary/aromatic N) is 3. The van der Waals surface area contributed by atoms with Crippen LogP contribution in [0.25, 0.3) is 0 Å². The van der Waals surface area contributed by atoms with E-state index in [9.17, 15) is 8.78 Å². The maximum atomic E-state index is 14.0. The molecule has 1 aliphatic rings. The van der Waals surface area contributed by atoms with Crippen molar-refractivity contribution in [1.29, 1.82) is 0 Å². The molecule has 29 heavy (non-hydrogen) atoms. The number of rotatable bonds is 6. The SMILES string of the molecule is CCNC(=NCc1ccc(OC)nc1)NC1CCN(c2ccc(F)cc2F)C1.I. The van der Waals surface area contributed by atoms with Gasteiger partial charge in [0.25, 0.3) is 0 Å². The molecule has 1 atom stereocenters. The van der Waals surface area contributed by atoms with Gasteiger partial charge in [-0.05, 0) is 31.0 Å². The molecule has 1 saturated heterocycles. The topological polar surface area (TPSA) is 61.8 Å². The lowest BCUT2D eigenvalue weighted by Crippen LogP contribution is -2.44. The van der Waals surface area contributed by atoms with Crippen LogP contribution in [0.2, 0.25) is 0 Å².